The smallest absolute Gasteiger partial charge is 0.257 e. The van der Waals surface area contributed by atoms with Gasteiger partial charge in [0.2, 0.25) is 0 Å². The third-order valence-corrected chi connectivity index (χ3v) is 3.61. The van der Waals surface area contributed by atoms with Crippen molar-refractivity contribution in [2.24, 2.45) is 0 Å². The van der Waals surface area contributed by atoms with E-state index in [0.717, 1.165) is 3.57 Å². The Labute approximate surface area is 128 Å². The summed E-state index contributed by atoms with van der Waals surface area (Å²) < 4.78 is 1.01. The van der Waals surface area contributed by atoms with Crippen LogP contribution >= 0.6 is 45.8 Å². The average molecular weight is 392 g/mol. The van der Waals surface area contributed by atoms with Crippen molar-refractivity contribution in [1.29, 1.82) is 0 Å². The van der Waals surface area contributed by atoms with Gasteiger partial charge in [-0.05, 0) is 52.9 Å². The molecule has 2 nitrogen and oxygen atoms in total. The highest BCUT2D eigenvalue weighted by atomic mass is 127. The minimum Gasteiger partial charge on any atom is -0.321 e. The molecule has 0 saturated carbocycles. The summed E-state index contributed by atoms with van der Waals surface area (Å²) in [6, 6.07) is 12.3. The second-order valence-electron chi connectivity index (χ2n) is 3.56. The molecule has 1 amide bonds. The lowest BCUT2D eigenvalue weighted by Gasteiger charge is -2.08. The van der Waals surface area contributed by atoms with Gasteiger partial charge in [0.05, 0.1) is 21.3 Å². The van der Waals surface area contributed by atoms with Gasteiger partial charge in [0, 0.05) is 3.57 Å². The van der Waals surface area contributed by atoms with Crippen LogP contribution in [0.15, 0.2) is 42.5 Å². The molecule has 0 saturated heterocycles. The third kappa shape index (κ3) is 3.16. The number of hydrogen-bond donors (Lipinski definition) is 1. The largest absolute Gasteiger partial charge is 0.321 e. The lowest BCUT2D eigenvalue weighted by molar-refractivity contribution is 0.102. The molecule has 18 heavy (non-hydrogen) atoms. The molecule has 1 N–H and O–H groups in total. The summed E-state index contributed by atoms with van der Waals surface area (Å²) >= 11 is 14.2. The van der Waals surface area contributed by atoms with Crippen molar-refractivity contribution in [3.8, 4) is 0 Å². The zero-order valence-electron chi connectivity index (χ0n) is 9.08. The van der Waals surface area contributed by atoms with Crippen LogP contribution in [0.25, 0.3) is 0 Å². The van der Waals surface area contributed by atoms with Gasteiger partial charge in [0.15, 0.2) is 0 Å². The number of amides is 1. The van der Waals surface area contributed by atoms with Crippen molar-refractivity contribution in [1.82, 2.24) is 0 Å². The van der Waals surface area contributed by atoms with Crippen molar-refractivity contribution in [3.05, 3.63) is 61.6 Å². The predicted molar refractivity (Wildman–Crippen MR) is 83.6 cm³/mol. The first kappa shape index (κ1) is 13.6. The molecule has 0 unspecified atom stereocenters. The van der Waals surface area contributed by atoms with Crippen molar-refractivity contribution >= 4 is 57.4 Å². The maximum absolute atomic E-state index is 12.0. The zero-order chi connectivity index (χ0) is 13.1. The fourth-order valence-corrected chi connectivity index (χ4v) is 2.55. The van der Waals surface area contributed by atoms with Gasteiger partial charge in [-0.3, -0.25) is 4.79 Å². The summed E-state index contributed by atoms with van der Waals surface area (Å²) in [4.78, 5) is 12.0. The topological polar surface area (TPSA) is 29.1 Å². The van der Waals surface area contributed by atoms with Crippen LogP contribution in [0.4, 0.5) is 5.69 Å². The number of carbonyl (C=O) groups excluding carboxylic acids is 1. The van der Waals surface area contributed by atoms with Gasteiger partial charge in [-0.25, -0.2) is 0 Å². The molecule has 0 aliphatic carbocycles. The van der Waals surface area contributed by atoms with Crippen LogP contribution in [0, 0.1) is 3.57 Å². The molecule has 0 atom stereocenters. The van der Waals surface area contributed by atoms with Gasteiger partial charge < -0.3 is 5.32 Å². The molecule has 0 aliphatic rings. The third-order valence-electron chi connectivity index (χ3n) is 2.30. The summed E-state index contributed by atoms with van der Waals surface area (Å²) in [5.41, 5.74) is 0.996. The van der Waals surface area contributed by atoms with Gasteiger partial charge in [0.1, 0.15) is 0 Å². The normalized spacial score (nSPS) is 10.2. The van der Waals surface area contributed by atoms with E-state index in [1.165, 1.54) is 0 Å². The van der Waals surface area contributed by atoms with Gasteiger partial charge in [-0.15, -0.1) is 0 Å². The van der Waals surface area contributed by atoms with Crippen LogP contribution in [0.3, 0.4) is 0 Å². The Morgan fingerprint density at radius 1 is 1.06 bits per heavy atom. The molecule has 0 aliphatic heterocycles. The highest BCUT2D eigenvalue weighted by Crippen LogP contribution is 2.25. The second-order valence-corrected chi connectivity index (χ2v) is 5.62. The van der Waals surface area contributed by atoms with Crippen molar-refractivity contribution in [2.45, 2.75) is 0 Å². The van der Waals surface area contributed by atoms with E-state index in [0.29, 0.717) is 21.3 Å². The van der Waals surface area contributed by atoms with E-state index in [4.69, 9.17) is 23.2 Å². The molecular formula is C13H8Cl2INO. The lowest BCUT2D eigenvalue weighted by Crippen LogP contribution is -2.12. The van der Waals surface area contributed by atoms with E-state index < -0.39 is 0 Å². The Morgan fingerprint density at radius 3 is 2.44 bits per heavy atom. The number of halogens is 3. The van der Waals surface area contributed by atoms with Crippen LogP contribution in [0.1, 0.15) is 10.4 Å². The number of anilines is 1. The van der Waals surface area contributed by atoms with E-state index in [1.54, 1.807) is 36.4 Å². The van der Waals surface area contributed by atoms with Crippen molar-refractivity contribution in [3.63, 3.8) is 0 Å². The number of benzene rings is 2. The summed E-state index contributed by atoms with van der Waals surface area (Å²) in [5.74, 6) is -0.274. The average Bonchev–Trinajstić information content (AvgIpc) is 2.33. The van der Waals surface area contributed by atoms with E-state index in [9.17, 15) is 4.79 Å². The quantitative estimate of drug-likeness (QED) is 0.728. The van der Waals surface area contributed by atoms with Gasteiger partial charge in [-0.1, -0.05) is 35.3 Å². The Hall–Kier alpha value is -0.780. The molecule has 2 rings (SSSR count). The molecule has 92 valence electrons. The fraction of sp³-hybridized carbons (Fsp3) is 0. The Kier molecular flexibility index (Phi) is 4.48. The van der Waals surface area contributed by atoms with E-state index >= 15 is 0 Å². The molecule has 0 bridgehead atoms. The summed E-state index contributed by atoms with van der Waals surface area (Å²) in [6.07, 6.45) is 0. The Morgan fingerprint density at radius 2 is 1.78 bits per heavy atom. The van der Waals surface area contributed by atoms with Crippen LogP contribution in [0.2, 0.25) is 10.0 Å². The summed E-state index contributed by atoms with van der Waals surface area (Å²) in [6.45, 7) is 0. The minimum absolute atomic E-state index is 0.274. The molecule has 2 aromatic carbocycles. The predicted octanol–water partition coefficient (Wildman–Crippen LogP) is 4.85. The SMILES string of the molecule is O=C(Nc1ccc(I)cc1Cl)c1ccccc1Cl. The van der Waals surface area contributed by atoms with Crippen LogP contribution in [0.5, 0.6) is 0 Å². The molecule has 2 aromatic rings. The number of rotatable bonds is 2. The minimum atomic E-state index is -0.274. The lowest BCUT2D eigenvalue weighted by atomic mass is 10.2. The second kappa shape index (κ2) is 5.91. The first-order chi connectivity index (χ1) is 8.58. The zero-order valence-corrected chi connectivity index (χ0v) is 12.8. The Bertz CT molecular complexity index is 601. The highest BCUT2D eigenvalue weighted by Gasteiger charge is 2.11. The van der Waals surface area contributed by atoms with Gasteiger partial charge in [0.25, 0.3) is 5.91 Å². The van der Waals surface area contributed by atoms with Crippen LogP contribution in [-0.4, -0.2) is 5.91 Å². The first-order valence-electron chi connectivity index (χ1n) is 5.09. The van der Waals surface area contributed by atoms with E-state index in [-0.39, 0.29) is 5.91 Å². The maximum atomic E-state index is 12.0. The molecule has 0 fully saturated rings. The highest BCUT2D eigenvalue weighted by molar-refractivity contribution is 14.1. The number of nitrogens with one attached hydrogen (secondary N) is 1. The Balaban J connectivity index is 2.24. The molecule has 0 radical (unpaired) electrons. The molecule has 0 aromatic heterocycles. The maximum Gasteiger partial charge on any atom is 0.257 e. The standard InChI is InChI=1S/C13H8Cl2INO/c14-10-4-2-1-3-9(10)13(18)17-12-6-5-8(16)7-11(12)15/h1-7H,(H,17,18). The van der Waals surface area contributed by atoms with E-state index in [1.807, 2.05) is 6.07 Å². The van der Waals surface area contributed by atoms with Crippen LogP contribution in [-0.2, 0) is 0 Å². The molecule has 0 spiro atoms. The summed E-state index contributed by atoms with van der Waals surface area (Å²) in [5, 5.41) is 3.65. The number of carbonyl (C=O) groups is 1. The van der Waals surface area contributed by atoms with Crippen molar-refractivity contribution < 1.29 is 4.79 Å². The molecule has 5 heteroatoms. The van der Waals surface area contributed by atoms with Gasteiger partial charge in [-0.2, -0.15) is 0 Å². The molecule has 0 heterocycles. The van der Waals surface area contributed by atoms with Crippen LogP contribution < -0.4 is 5.32 Å². The number of hydrogen-bond acceptors (Lipinski definition) is 1. The van der Waals surface area contributed by atoms with E-state index in [2.05, 4.69) is 27.9 Å². The monoisotopic (exact) mass is 391 g/mol. The summed E-state index contributed by atoms with van der Waals surface area (Å²) in [7, 11) is 0. The van der Waals surface area contributed by atoms with Crippen molar-refractivity contribution in [2.75, 3.05) is 5.32 Å². The van der Waals surface area contributed by atoms with Gasteiger partial charge >= 0.3 is 0 Å². The molecular weight excluding hydrogens is 384 g/mol. The fourth-order valence-electron chi connectivity index (χ4n) is 1.43. The first-order valence-corrected chi connectivity index (χ1v) is 6.92.